The zero-order valence-electron chi connectivity index (χ0n) is 13.2. The molecule has 0 atom stereocenters. The molecule has 6 nitrogen and oxygen atoms in total. The van der Waals surface area contributed by atoms with Crippen LogP contribution < -0.4 is 21.9 Å². The molecule has 0 saturated carbocycles. The van der Waals surface area contributed by atoms with Crippen molar-refractivity contribution < 1.29 is 0 Å². The van der Waals surface area contributed by atoms with Crippen molar-refractivity contribution in [2.45, 2.75) is 33.2 Å². The van der Waals surface area contributed by atoms with E-state index < -0.39 is 0 Å². The lowest BCUT2D eigenvalue weighted by molar-refractivity contribution is 0.464. The Balaban J connectivity index is 2.23. The summed E-state index contributed by atoms with van der Waals surface area (Å²) in [5, 5.41) is 3.88. The first-order valence-corrected chi connectivity index (χ1v) is 7.31. The van der Waals surface area contributed by atoms with Gasteiger partial charge in [0.25, 0.3) is 0 Å². The molecule has 22 heavy (non-hydrogen) atoms. The van der Waals surface area contributed by atoms with Crippen LogP contribution in [0.5, 0.6) is 0 Å². The summed E-state index contributed by atoms with van der Waals surface area (Å²) >= 11 is 6.12. The SMILES string of the molecule is Cc1c(Cl)cccc1Nc1ncnc(NNC(C)(C)C)c1N. The molecule has 0 unspecified atom stereocenters. The quantitative estimate of drug-likeness (QED) is 0.645. The van der Waals surface area contributed by atoms with Gasteiger partial charge in [0.05, 0.1) is 0 Å². The topological polar surface area (TPSA) is 87.9 Å². The number of anilines is 4. The first kappa shape index (κ1) is 16.3. The molecule has 0 amide bonds. The number of nitrogens with two attached hydrogens (primary N) is 1. The van der Waals surface area contributed by atoms with Crippen molar-refractivity contribution in [2.75, 3.05) is 16.5 Å². The zero-order valence-corrected chi connectivity index (χ0v) is 13.9. The highest BCUT2D eigenvalue weighted by atomic mass is 35.5. The number of rotatable bonds is 4. The second kappa shape index (κ2) is 6.37. The molecule has 0 saturated heterocycles. The van der Waals surface area contributed by atoms with Crippen LogP contribution in [-0.2, 0) is 0 Å². The molecule has 1 aromatic carbocycles. The highest BCUT2D eigenvalue weighted by Crippen LogP contribution is 2.29. The fourth-order valence-electron chi connectivity index (χ4n) is 1.71. The molecule has 0 spiro atoms. The van der Waals surface area contributed by atoms with E-state index in [-0.39, 0.29) is 5.54 Å². The number of hydrogen-bond donors (Lipinski definition) is 4. The molecule has 2 aromatic rings. The fourth-order valence-corrected chi connectivity index (χ4v) is 1.89. The van der Waals surface area contributed by atoms with E-state index in [0.29, 0.717) is 22.3 Å². The average molecular weight is 321 g/mol. The van der Waals surface area contributed by atoms with E-state index in [4.69, 9.17) is 17.3 Å². The molecule has 5 N–H and O–H groups in total. The first-order valence-electron chi connectivity index (χ1n) is 6.94. The van der Waals surface area contributed by atoms with E-state index in [0.717, 1.165) is 11.3 Å². The van der Waals surface area contributed by atoms with E-state index in [2.05, 4.69) is 26.1 Å². The molecule has 2 rings (SSSR count). The molecule has 0 fully saturated rings. The second-order valence-electron chi connectivity index (χ2n) is 6.02. The molecule has 7 heteroatoms. The molecular formula is C15H21ClN6. The third-order valence-electron chi connectivity index (χ3n) is 2.96. The van der Waals surface area contributed by atoms with Crippen LogP contribution >= 0.6 is 11.6 Å². The Morgan fingerprint density at radius 3 is 2.50 bits per heavy atom. The third-order valence-corrected chi connectivity index (χ3v) is 3.37. The smallest absolute Gasteiger partial charge is 0.169 e. The number of hydrazine groups is 1. The van der Waals surface area contributed by atoms with E-state index in [9.17, 15) is 0 Å². The number of nitrogen functional groups attached to an aromatic ring is 1. The summed E-state index contributed by atoms with van der Waals surface area (Å²) in [6.45, 7) is 8.03. The predicted molar refractivity (Wildman–Crippen MR) is 92.4 cm³/mol. The van der Waals surface area contributed by atoms with Crippen LogP contribution in [0.4, 0.5) is 23.0 Å². The zero-order chi connectivity index (χ0) is 16.3. The molecule has 1 aromatic heterocycles. The van der Waals surface area contributed by atoms with Gasteiger partial charge in [-0.05, 0) is 45.4 Å². The van der Waals surface area contributed by atoms with Crippen LogP contribution in [0.2, 0.25) is 5.02 Å². The molecular weight excluding hydrogens is 300 g/mol. The monoisotopic (exact) mass is 320 g/mol. The Bertz CT molecular complexity index is 666. The summed E-state index contributed by atoms with van der Waals surface area (Å²) in [7, 11) is 0. The number of aromatic nitrogens is 2. The summed E-state index contributed by atoms with van der Waals surface area (Å²) in [6.07, 6.45) is 1.45. The Labute approximate surface area is 135 Å². The van der Waals surface area contributed by atoms with Gasteiger partial charge in [-0.3, -0.25) is 0 Å². The summed E-state index contributed by atoms with van der Waals surface area (Å²) in [5.74, 6) is 1.05. The van der Waals surface area contributed by atoms with Crippen LogP contribution in [0.15, 0.2) is 24.5 Å². The van der Waals surface area contributed by atoms with Gasteiger partial charge in [0.15, 0.2) is 11.6 Å². The first-order chi connectivity index (χ1) is 10.3. The van der Waals surface area contributed by atoms with Crippen molar-refractivity contribution in [1.29, 1.82) is 0 Å². The number of nitrogens with one attached hydrogen (secondary N) is 3. The Kier molecular flexibility index (Phi) is 4.73. The Morgan fingerprint density at radius 1 is 1.14 bits per heavy atom. The van der Waals surface area contributed by atoms with Crippen LogP contribution in [0, 0.1) is 6.92 Å². The molecule has 0 aliphatic carbocycles. The van der Waals surface area contributed by atoms with Crippen molar-refractivity contribution in [3.8, 4) is 0 Å². The highest BCUT2D eigenvalue weighted by Gasteiger charge is 2.13. The number of nitrogens with zero attached hydrogens (tertiary/aromatic N) is 2. The van der Waals surface area contributed by atoms with Crippen LogP contribution in [0.25, 0.3) is 0 Å². The van der Waals surface area contributed by atoms with Gasteiger partial charge < -0.3 is 16.5 Å². The maximum Gasteiger partial charge on any atom is 0.169 e. The van der Waals surface area contributed by atoms with Crippen molar-refractivity contribution in [1.82, 2.24) is 15.4 Å². The lowest BCUT2D eigenvalue weighted by atomic mass is 10.1. The molecule has 0 aliphatic heterocycles. The summed E-state index contributed by atoms with van der Waals surface area (Å²) in [6, 6.07) is 5.63. The molecule has 0 aliphatic rings. The van der Waals surface area contributed by atoms with Crippen LogP contribution in [0.3, 0.4) is 0 Å². The number of hydrogen-bond acceptors (Lipinski definition) is 6. The summed E-state index contributed by atoms with van der Waals surface area (Å²) in [4.78, 5) is 8.34. The Hall–Kier alpha value is -2.05. The third kappa shape index (κ3) is 3.99. The van der Waals surface area contributed by atoms with E-state index in [1.165, 1.54) is 6.33 Å². The minimum Gasteiger partial charge on any atom is -0.393 e. The second-order valence-corrected chi connectivity index (χ2v) is 6.43. The lowest BCUT2D eigenvalue weighted by Crippen LogP contribution is -2.40. The van der Waals surface area contributed by atoms with Gasteiger partial charge >= 0.3 is 0 Å². The highest BCUT2D eigenvalue weighted by molar-refractivity contribution is 6.31. The summed E-state index contributed by atoms with van der Waals surface area (Å²) < 4.78 is 0. The van der Waals surface area contributed by atoms with Crippen molar-refractivity contribution in [3.63, 3.8) is 0 Å². The van der Waals surface area contributed by atoms with Crippen molar-refractivity contribution >= 4 is 34.6 Å². The predicted octanol–water partition coefficient (Wildman–Crippen LogP) is 3.48. The minimum absolute atomic E-state index is 0.117. The minimum atomic E-state index is -0.117. The van der Waals surface area contributed by atoms with Gasteiger partial charge in [0.1, 0.15) is 12.0 Å². The van der Waals surface area contributed by atoms with Gasteiger partial charge in [-0.15, -0.1) is 0 Å². The van der Waals surface area contributed by atoms with Gasteiger partial charge in [-0.2, -0.15) is 0 Å². The van der Waals surface area contributed by atoms with Gasteiger partial charge in [-0.1, -0.05) is 17.7 Å². The largest absolute Gasteiger partial charge is 0.393 e. The molecule has 0 radical (unpaired) electrons. The Morgan fingerprint density at radius 2 is 1.82 bits per heavy atom. The van der Waals surface area contributed by atoms with Crippen molar-refractivity contribution in [3.05, 3.63) is 35.1 Å². The number of halogens is 1. The van der Waals surface area contributed by atoms with E-state index in [1.54, 1.807) is 0 Å². The van der Waals surface area contributed by atoms with Crippen LogP contribution in [0.1, 0.15) is 26.3 Å². The number of benzene rings is 1. The lowest BCUT2D eigenvalue weighted by Gasteiger charge is -2.22. The molecule has 0 bridgehead atoms. The summed E-state index contributed by atoms with van der Waals surface area (Å²) in [5.41, 5.74) is 14.4. The van der Waals surface area contributed by atoms with Gasteiger partial charge in [-0.25, -0.2) is 15.4 Å². The van der Waals surface area contributed by atoms with Gasteiger partial charge in [0.2, 0.25) is 0 Å². The van der Waals surface area contributed by atoms with Crippen molar-refractivity contribution in [2.24, 2.45) is 0 Å². The fraction of sp³-hybridized carbons (Fsp3) is 0.333. The normalized spacial score (nSPS) is 11.3. The van der Waals surface area contributed by atoms with E-state index >= 15 is 0 Å². The van der Waals surface area contributed by atoms with E-state index in [1.807, 2.05) is 45.9 Å². The van der Waals surface area contributed by atoms with Gasteiger partial charge in [0, 0.05) is 16.2 Å². The average Bonchev–Trinajstić information content (AvgIpc) is 2.44. The maximum atomic E-state index is 6.13. The standard InChI is InChI=1S/C15H21ClN6/c1-9-10(16)6-5-7-11(9)20-13-12(17)14(19-8-18-13)21-22-15(2,3)4/h5-8,22H,17H2,1-4H3,(H2,18,19,20,21). The maximum absolute atomic E-state index is 6.13. The molecule has 118 valence electrons. The van der Waals surface area contributed by atoms with Crippen LogP contribution in [-0.4, -0.2) is 15.5 Å². The molecule has 1 heterocycles.